The Morgan fingerprint density at radius 2 is 1.85 bits per heavy atom. The van der Waals surface area contributed by atoms with Crippen molar-refractivity contribution < 1.29 is 9.47 Å². The molecule has 0 aromatic rings. The van der Waals surface area contributed by atoms with Gasteiger partial charge in [-0.3, -0.25) is 0 Å². The zero-order chi connectivity index (χ0) is 14.1. The van der Waals surface area contributed by atoms with Gasteiger partial charge in [-0.2, -0.15) is 0 Å². The van der Waals surface area contributed by atoms with Crippen molar-refractivity contribution >= 4 is 0 Å². The fourth-order valence-corrected chi connectivity index (χ4v) is 4.82. The van der Waals surface area contributed by atoms with Crippen molar-refractivity contribution in [2.24, 2.45) is 11.3 Å². The van der Waals surface area contributed by atoms with E-state index in [1.807, 2.05) is 0 Å². The van der Waals surface area contributed by atoms with Gasteiger partial charge >= 0.3 is 0 Å². The van der Waals surface area contributed by atoms with Gasteiger partial charge in [-0.1, -0.05) is 13.8 Å². The highest BCUT2D eigenvalue weighted by Gasteiger charge is 2.47. The Balaban J connectivity index is 1.64. The Kier molecular flexibility index (Phi) is 4.40. The number of hydrogen-bond donors (Lipinski definition) is 1. The third-order valence-corrected chi connectivity index (χ3v) is 6.15. The monoisotopic (exact) mass is 281 g/mol. The lowest BCUT2D eigenvalue weighted by Gasteiger charge is -2.48. The minimum atomic E-state index is 0.153. The van der Waals surface area contributed by atoms with Gasteiger partial charge in [0.15, 0.2) is 0 Å². The molecule has 2 saturated heterocycles. The molecule has 1 N–H and O–H groups in total. The van der Waals surface area contributed by atoms with Gasteiger partial charge < -0.3 is 14.8 Å². The van der Waals surface area contributed by atoms with Crippen molar-refractivity contribution in [1.82, 2.24) is 5.32 Å². The lowest BCUT2D eigenvalue weighted by atomic mass is 9.67. The van der Waals surface area contributed by atoms with Crippen LogP contribution in [0, 0.1) is 11.3 Å². The van der Waals surface area contributed by atoms with Crippen LogP contribution >= 0.6 is 0 Å². The first-order valence-electron chi connectivity index (χ1n) is 8.61. The molecule has 0 aromatic heterocycles. The second-order valence-corrected chi connectivity index (χ2v) is 7.49. The molecule has 3 fully saturated rings. The molecule has 3 aliphatic rings. The fourth-order valence-electron chi connectivity index (χ4n) is 4.82. The molecule has 3 rings (SSSR count). The number of ether oxygens (including phenoxy) is 2. The summed E-state index contributed by atoms with van der Waals surface area (Å²) in [5.41, 5.74) is 0.683. The van der Waals surface area contributed by atoms with Crippen LogP contribution in [0.2, 0.25) is 0 Å². The molecule has 3 atom stereocenters. The number of nitrogens with one attached hydrogen (secondary N) is 1. The molecular formula is C17H31NO2. The first-order chi connectivity index (χ1) is 9.66. The lowest BCUT2D eigenvalue weighted by molar-refractivity contribution is -0.160. The van der Waals surface area contributed by atoms with Crippen molar-refractivity contribution in [3.05, 3.63) is 0 Å². The van der Waals surface area contributed by atoms with Gasteiger partial charge in [-0.25, -0.2) is 0 Å². The first-order valence-corrected chi connectivity index (χ1v) is 8.61. The molecule has 0 radical (unpaired) electrons. The van der Waals surface area contributed by atoms with E-state index in [0.29, 0.717) is 5.41 Å². The van der Waals surface area contributed by atoms with Gasteiger partial charge in [0.05, 0.1) is 5.60 Å². The molecule has 2 aliphatic heterocycles. The van der Waals surface area contributed by atoms with Gasteiger partial charge in [0.25, 0.3) is 0 Å². The van der Waals surface area contributed by atoms with Gasteiger partial charge in [0.2, 0.25) is 0 Å². The van der Waals surface area contributed by atoms with Crippen molar-refractivity contribution in [1.29, 1.82) is 0 Å². The highest BCUT2D eigenvalue weighted by atomic mass is 16.5. The molecule has 1 saturated carbocycles. The maximum Gasteiger partial charge on any atom is 0.0729 e. The van der Waals surface area contributed by atoms with E-state index in [2.05, 4.69) is 19.2 Å². The average molecular weight is 281 g/mol. The van der Waals surface area contributed by atoms with Crippen LogP contribution in [-0.2, 0) is 9.47 Å². The van der Waals surface area contributed by atoms with Crippen molar-refractivity contribution in [3.63, 3.8) is 0 Å². The minimum Gasteiger partial charge on any atom is -0.381 e. The molecule has 0 bridgehead atoms. The minimum absolute atomic E-state index is 0.153. The molecule has 0 amide bonds. The molecule has 3 unspecified atom stereocenters. The van der Waals surface area contributed by atoms with Crippen molar-refractivity contribution in [2.75, 3.05) is 26.4 Å². The summed E-state index contributed by atoms with van der Waals surface area (Å²) in [7, 11) is 0. The Morgan fingerprint density at radius 3 is 2.60 bits per heavy atom. The second-order valence-electron chi connectivity index (χ2n) is 7.49. The predicted octanol–water partition coefficient (Wildman–Crippen LogP) is 3.13. The predicted molar refractivity (Wildman–Crippen MR) is 80.9 cm³/mol. The molecular weight excluding hydrogens is 250 g/mol. The van der Waals surface area contributed by atoms with Gasteiger partial charge in [-0.05, 0) is 62.8 Å². The topological polar surface area (TPSA) is 30.5 Å². The van der Waals surface area contributed by atoms with E-state index >= 15 is 0 Å². The Labute approximate surface area is 123 Å². The molecule has 3 heteroatoms. The summed E-state index contributed by atoms with van der Waals surface area (Å²) in [4.78, 5) is 0. The SMILES string of the molecule is CCNC1CCC(C)(C2CCOC3(CCOCC3)C2)C1. The molecule has 0 aromatic carbocycles. The Morgan fingerprint density at radius 1 is 1.05 bits per heavy atom. The third kappa shape index (κ3) is 2.90. The smallest absolute Gasteiger partial charge is 0.0729 e. The summed E-state index contributed by atoms with van der Waals surface area (Å²) in [5.74, 6) is 0.845. The normalized spacial score (nSPS) is 41.1. The fraction of sp³-hybridized carbons (Fsp3) is 1.00. The van der Waals surface area contributed by atoms with Crippen LogP contribution < -0.4 is 5.32 Å². The summed E-state index contributed by atoms with van der Waals surface area (Å²) in [5, 5.41) is 3.66. The summed E-state index contributed by atoms with van der Waals surface area (Å²) in [6.45, 7) is 8.61. The maximum atomic E-state index is 6.22. The first kappa shape index (κ1) is 14.8. The zero-order valence-corrected chi connectivity index (χ0v) is 13.2. The molecule has 3 nitrogen and oxygen atoms in total. The van der Waals surface area contributed by atoms with E-state index in [-0.39, 0.29) is 5.60 Å². The van der Waals surface area contributed by atoms with Crippen molar-refractivity contribution in [2.45, 2.75) is 70.4 Å². The lowest BCUT2D eigenvalue weighted by Crippen LogP contribution is -2.47. The molecule has 20 heavy (non-hydrogen) atoms. The van der Waals surface area contributed by atoms with Crippen LogP contribution in [0.4, 0.5) is 0 Å². The number of rotatable bonds is 3. The van der Waals surface area contributed by atoms with E-state index in [4.69, 9.17) is 9.47 Å². The maximum absolute atomic E-state index is 6.22. The zero-order valence-electron chi connectivity index (χ0n) is 13.2. The van der Waals surface area contributed by atoms with Crippen molar-refractivity contribution in [3.8, 4) is 0 Å². The standard InChI is InChI=1S/C17H31NO2/c1-3-18-15-4-6-16(2,13-15)14-5-9-20-17(12-14)7-10-19-11-8-17/h14-15,18H,3-13H2,1-2H3. The van der Waals surface area contributed by atoms with Crippen LogP contribution in [0.5, 0.6) is 0 Å². The van der Waals surface area contributed by atoms with Crippen LogP contribution in [0.1, 0.15) is 58.8 Å². The second kappa shape index (κ2) is 5.94. The van der Waals surface area contributed by atoms with Crippen LogP contribution in [0.15, 0.2) is 0 Å². The highest BCUT2D eigenvalue weighted by Crippen LogP contribution is 2.51. The summed E-state index contributed by atoms with van der Waals surface area (Å²) in [6.07, 6.45) is 8.86. The van der Waals surface area contributed by atoms with E-state index in [9.17, 15) is 0 Å². The number of hydrogen-bond acceptors (Lipinski definition) is 3. The van der Waals surface area contributed by atoms with E-state index in [1.54, 1.807) is 0 Å². The quantitative estimate of drug-likeness (QED) is 0.862. The molecule has 116 valence electrons. The van der Waals surface area contributed by atoms with Crippen LogP contribution in [-0.4, -0.2) is 38.0 Å². The highest BCUT2D eigenvalue weighted by molar-refractivity contribution is 4.99. The van der Waals surface area contributed by atoms with E-state index < -0.39 is 0 Å². The van der Waals surface area contributed by atoms with Crippen LogP contribution in [0.3, 0.4) is 0 Å². The summed E-state index contributed by atoms with van der Waals surface area (Å²) in [6, 6.07) is 0.749. The molecule has 1 spiro atoms. The molecule has 1 aliphatic carbocycles. The molecule has 2 heterocycles. The average Bonchev–Trinajstić information content (AvgIpc) is 2.83. The van der Waals surface area contributed by atoms with Gasteiger partial charge in [0.1, 0.15) is 0 Å². The van der Waals surface area contributed by atoms with Gasteiger partial charge in [-0.15, -0.1) is 0 Å². The van der Waals surface area contributed by atoms with E-state index in [0.717, 1.165) is 51.2 Å². The third-order valence-electron chi connectivity index (χ3n) is 6.15. The summed E-state index contributed by atoms with van der Waals surface area (Å²) >= 11 is 0. The van der Waals surface area contributed by atoms with Gasteiger partial charge in [0, 0.05) is 25.9 Å². The van der Waals surface area contributed by atoms with E-state index in [1.165, 1.54) is 32.1 Å². The summed E-state index contributed by atoms with van der Waals surface area (Å²) < 4.78 is 11.8. The largest absolute Gasteiger partial charge is 0.381 e. The van der Waals surface area contributed by atoms with Crippen LogP contribution in [0.25, 0.3) is 0 Å². The Hall–Kier alpha value is -0.120. The Bertz CT molecular complexity index is 321.